The van der Waals surface area contributed by atoms with Gasteiger partial charge in [-0.05, 0) is 42.7 Å². The van der Waals surface area contributed by atoms with Crippen LogP contribution in [0.25, 0.3) is 0 Å². The van der Waals surface area contributed by atoms with E-state index in [1.165, 1.54) is 0 Å². The Bertz CT molecular complexity index is 879. The number of carbonyl (C=O) groups excluding carboxylic acids is 1. The number of nitrogens with zero attached hydrogens (tertiary/aromatic N) is 2. The first-order valence-corrected chi connectivity index (χ1v) is 10.7. The molecule has 1 amide bonds. The zero-order valence-electron chi connectivity index (χ0n) is 18.2. The zero-order chi connectivity index (χ0) is 21.7. The average molecular weight is 427 g/mol. The molecule has 0 aliphatic carbocycles. The average Bonchev–Trinajstić information content (AvgIpc) is 3.29. The number of pyridine rings is 1. The number of methoxy groups -OCH3 is 1. The van der Waals surface area contributed by atoms with Crippen LogP contribution in [-0.4, -0.2) is 62.0 Å². The fourth-order valence-corrected chi connectivity index (χ4v) is 3.86. The Hall–Kier alpha value is -2.64. The molecule has 1 aromatic carbocycles. The molecule has 2 saturated heterocycles. The molecule has 0 radical (unpaired) electrons. The molecule has 1 atom stereocenters. The Morgan fingerprint density at radius 3 is 2.81 bits per heavy atom. The van der Waals surface area contributed by atoms with Gasteiger partial charge in [0.25, 0.3) is 5.91 Å². The van der Waals surface area contributed by atoms with E-state index < -0.39 is 0 Å². The minimum absolute atomic E-state index is 0.0309. The van der Waals surface area contributed by atoms with Gasteiger partial charge in [0, 0.05) is 37.5 Å². The first-order valence-electron chi connectivity index (χ1n) is 10.7. The normalized spacial score (nSPS) is 19.5. The van der Waals surface area contributed by atoms with Crippen molar-refractivity contribution < 1.29 is 23.7 Å². The maximum Gasteiger partial charge on any atom is 0.255 e. The second-order valence-electron chi connectivity index (χ2n) is 8.64. The molecule has 0 spiro atoms. The molecule has 0 saturated carbocycles. The first-order chi connectivity index (χ1) is 15.1. The molecule has 3 heterocycles. The molecule has 4 rings (SSSR count). The Labute approximate surface area is 183 Å². The van der Waals surface area contributed by atoms with Gasteiger partial charge in [-0.25, -0.2) is 0 Å². The summed E-state index contributed by atoms with van der Waals surface area (Å²) in [5.41, 5.74) is 1.58. The van der Waals surface area contributed by atoms with Gasteiger partial charge in [0.05, 0.1) is 38.6 Å². The van der Waals surface area contributed by atoms with Gasteiger partial charge in [-0.1, -0.05) is 13.0 Å². The molecule has 0 N–H and O–H groups in total. The monoisotopic (exact) mass is 426 g/mol. The van der Waals surface area contributed by atoms with E-state index in [9.17, 15) is 4.79 Å². The van der Waals surface area contributed by atoms with Crippen molar-refractivity contribution in [2.45, 2.75) is 32.4 Å². The quantitative estimate of drug-likeness (QED) is 0.613. The second-order valence-corrected chi connectivity index (χ2v) is 8.64. The summed E-state index contributed by atoms with van der Waals surface area (Å²) in [6.07, 6.45) is 5.33. The maximum absolute atomic E-state index is 13.2. The third-order valence-corrected chi connectivity index (χ3v) is 5.72. The van der Waals surface area contributed by atoms with Crippen molar-refractivity contribution >= 4 is 5.91 Å². The zero-order valence-corrected chi connectivity index (χ0v) is 18.2. The second kappa shape index (κ2) is 9.66. The van der Waals surface area contributed by atoms with E-state index in [0.29, 0.717) is 50.0 Å². The topological polar surface area (TPSA) is 70.1 Å². The minimum Gasteiger partial charge on any atom is -0.493 e. The van der Waals surface area contributed by atoms with Crippen molar-refractivity contribution in [1.29, 1.82) is 0 Å². The van der Waals surface area contributed by atoms with Crippen LogP contribution >= 0.6 is 0 Å². The lowest BCUT2D eigenvalue weighted by Gasteiger charge is -2.37. The molecular weight excluding hydrogens is 396 g/mol. The minimum atomic E-state index is -0.0546. The molecule has 1 unspecified atom stereocenters. The summed E-state index contributed by atoms with van der Waals surface area (Å²) in [5.74, 6) is 1.30. The molecule has 2 fully saturated rings. The lowest BCUT2D eigenvalue weighted by molar-refractivity contribution is -0.120. The summed E-state index contributed by atoms with van der Waals surface area (Å²) in [5, 5.41) is 0. The number of carbonyl (C=O) groups is 1. The molecule has 7 heteroatoms. The fraction of sp³-hybridized carbons (Fsp3) is 0.500. The smallest absolute Gasteiger partial charge is 0.255 e. The summed E-state index contributed by atoms with van der Waals surface area (Å²) in [6, 6.07) is 9.39. The number of hydrogen-bond acceptors (Lipinski definition) is 6. The van der Waals surface area contributed by atoms with Gasteiger partial charge >= 0.3 is 0 Å². The molecule has 7 nitrogen and oxygen atoms in total. The molecule has 2 aliphatic heterocycles. The van der Waals surface area contributed by atoms with Crippen molar-refractivity contribution in [1.82, 2.24) is 9.88 Å². The third kappa shape index (κ3) is 5.35. The predicted octanol–water partition coefficient (Wildman–Crippen LogP) is 3.33. The molecule has 1 aromatic heterocycles. The van der Waals surface area contributed by atoms with E-state index in [-0.39, 0.29) is 17.4 Å². The van der Waals surface area contributed by atoms with Crippen LogP contribution in [0.5, 0.6) is 11.5 Å². The van der Waals surface area contributed by atoms with Crippen LogP contribution in [0.2, 0.25) is 0 Å². The maximum atomic E-state index is 13.2. The van der Waals surface area contributed by atoms with Crippen molar-refractivity contribution in [3.8, 4) is 11.5 Å². The summed E-state index contributed by atoms with van der Waals surface area (Å²) in [7, 11) is 1.63. The highest BCUT2D eigenvalue weighted by Gasteiger charge is 2.34. The van der Waals surface area contributed by atoms with Crippen molar-refractivity contribution in [2.75, 3.05) is 40.1 Å². The van der Waals surface area contributed by atoms with Gasteiger partial charge in [0.15, 0.2) is 11.5 Å². The molecule has 2 aromatic rings. The molecule has 2 aliphatic rings. The standard InChI is InChI=1S/C24H30N2O5/c1-24(15-29-16-24)17-31-22-11-18(7-8-21(22)28-2)13-26(14-20-6-4-10-30-20)23(27)19-5-3-9-25-12-19/h3,5,7-9,11-12,20H,4,6,10,13-17H2,1-2H3. The van der Waals surface area contributed by atoms with E-state index in [0.717, 1.165) is 25.0 Å². The number of aromatic nitrogens is 1. The van der Waals surface area contributed by atoms with Gasteiger partial charge in [-0.2, -0.15) is 0 Å². The Kier molecular flexibility index (Phi) is 6.73. The molecule has 31 heavy (non-hydrogen) atoms. The lowest BCUT2D eigenvalue weighted by Crippen LogP contribution is -2.44. The van der Waals surface area contributed by atoms with E-state index >= 15 is 0 Å². The summed E-state index contributed by atoms with van der Waals surface area (Å²) in [4.78, 5) is 19.1. The lowest BCUT2D eigenvalue weighted by atomic mass is 9.90. The highest BCUT2D eigenvalue weighted by atomic mass is 16.5. The molecule has 166 valence electrons. The van der Waals surface area contributed by atoms with Gasteiger partial charge < -0.3 is 23.8 Å². The van der Waals surface area contributed by atoms with Crippen molar-refractivity contribution in [2.24, 2.45) is 5.41 Å². The Morgan fingerprint density at radius 2 is 2.16 bits per heavy atom. The third-order valence-electron chi connectivity index (χ3n) is 5.72. The predicted molar refractivity (Wildman–Crippen MR) is 115 cm³/mol. The number of benzene rings is 1. The van der Waals surface area contributed by atoms with Crippen LogP contribution in [0.4, 0.5) is 0 Å². The van der Waals surface area contributed by atoms with E-state index in [1.54, 1.807) is 31.6 Å². The van der Waals surface area contributed by atoms with Gasteiger partial charge in [0.1, 0.15) is 0 Å². The van der Waals surface area contributed by atoms with Gasteiger partial charge in [-0.15, -0.1) is 0 Å². The SMILES string of the molecule is COc1ccc(CN(CC2CCCO2)C(=O)c2cccnc2)cc1OCC1(C)COC1. The molecular formula is C24H30N2O5. The fourth-order valence-electron chi connectivity index (χ4n) is 3.86. The van der Waals surface area contributed by atoms with Crippen LogP contribution in [0.3, 0.4) is 0 Å². The van der Waals surface area contributed by atoms with E-state index in [4.69, 9.17) is 18.9 Å². The van der Waals surface area contributed by atoms with E-state index in [2.05, 4.69) is 11.9 Å². The Morgan fingerprint density at radius 1 is 1.29 bits per heavy atom. The number of rotatable bonds is 9. The van der Waals surface area contributed by atoms with Crippen LogP contribution < -0.4 is 9.47 Å². The highest BCUT2D eigenvalue weighted by Crippen LogP contribution is 2.33. The van der Waals surface area contributed by atoms with Crippen LogP contribution in [0.15, 0.2) is 42.7 Å². The first kappa shape index (κ1) is 21.6. The highest BCUT2D eigenvalue weighted by molar-refractivity contribution is 5.93. The van der Waals surface area contributed by atoms with Gasteiger partial charge in [0.2, 0.25) is 0 Å². The summed E-state index contributed by atoms with van der Waals surface area (Å²) in [6.45, 7) is 5.85. The van der Waals surface area contributed by atoms with Crippen molar-refractivity contribution in [3.63, 3.8) is 0 Å². The van der Waals surface area contributed by atoms with Crippen LogP contribution in [-0.2, 0) is 16.0 Å². The van der Waals surface area contributed by atoms with Crippen LogP contribution in [0, 0.1) is 5.41 Å². The molecule has 0 bridgehead atoms. The number of hydrogen-bond donors (Lipinski definition) is 0. The van der Waals surface area contributed by atoms with Gasteiger partial charge in [-0.3, -0.25) is 9.78 Å². The Balaban J connectivity index is 1.52. The van der Waals surface area contributed by atoms with Crippen molar-refractivity contribution in [3.05, 3.63) is 53.9 Å². The summed E-state index contributed by atoms with van der Waals surface area (Å²) < 4.78 is 22.7. The number of amides is 1. The summed E-state index contributed by atoms with van der Waals surface area (Å²) >= 11 is 0. The van der Waals surface area contributed by atoms with E-state index in [1.807, 2.05) is 23.1 Å². The van der Waals surface area contributed by atoms with Crippen LogP contribution in [0.1, 0.15) is 35.7 Å². The number of ether oxygens (including phenoxy) is 4. The largest absolute Gasteiger partial charge is 0.493 e.